The van der Waals surface area contributed by atoms with Crippen LogP contribution in [0.2, 0.25) is 5.02 Å². The zero-order valence-electron chi connectivity index (χ0n) is 16.1. The summed E-state index contributed by atoms with van der Waals surface area (Å²) in [6.45, 7) is 6.07. The molecule has 0 atom stereocenters. The Morgan fingerprint density at radius 1 is 1.30 bits per heavy atom. The summed E-state index contributed by atoms with van der Waals surface area (Å²) in [5.41, 5.74) is 3.94. The van der Waals surface area contributed by atoms with Crippen LogP contribution in [0, 0.1) is 13.8 Å². The number of aryl methyl sites for hydroxylation is 1. The van der Waals surface area contributed by atoms with E-state index in [9.17, 15) is 4.79 Å². The van der Waals surface area contributed by atoms with Crippen molar-refractivity contribution < 1.29 is 9.53 Å². The zero-order chi connectivity index (χ0) is 19.4. The Kier molecular flexibility index (Phi) is 6.34. The molecule has 0 radical (unpaired) electrons. The fourth-order valence-electron chi connectivity index (χ4n) is 3.47. The summed E-state index contributed by atoms with van der Waals surface area (Å²) in [6, 6.07) is 7.78. The van der Waals surface area contributed by atoms with E-state index in [0.717, 1.165) is 53.5 Å². The van der Waals surface area contributed by atoms with Gasteiger partial charge < -0.3 is 9.64 Å². The fraction of sp³-hybridized carbons (Fsp3) is 0.429. The first-order chi connectivity index (χ1) is 13.0. The van der Waals surface area contributed by atoms with Crippen molar-refractivity contribution in [1.82, 2.24) is 14.7 Å². The van der Waals surface area contributed by atoms with Crippen LogP contribution in [0.5, 0.6) is 0 Å². The van der Waals surface area contributed by atoms with Crippen molar-refractivity contribution in [2.24, 2.45) is 0 Å². The van der Waals surface area contributed by atoms with E-state index in [4.69, 9.17) is 16.3 Å². The molecule has 1 fully saturated rings. The van der Waals surface area contributed by atoms with Crippen molar-refractivity contribution >= 4 is 23.6 Å². The molecule has 0 bridgehead atoms. The summed E-state index contributed by atoms with van der Waals surface area (Å²) >= 11 is 6.27. The predicted octanol–water partition coefficient (Wildman–Crippen LogP) is 3.85. The standard InChI is InChI=1S/C21H26ClN3O2/c1-15-19(8-9-21(26)24-12-10-18(27-3)11-13-24)16(2)25(23-15)14-17-6-4-5-7-20(17)22/h4-9,18H,10-14H2,1-3H3/b9-8+. The van der Waals surface area contributed by atoms with Gasteiger partial charge in [-0.2, -0.15) is 5.10 Å². The maximum atomic E-state index is 12.5. The van der Waals surface area contributed by atoms with Crippen LogP contribution in [-0.4, -0.2) is 46.9 Å². The number of amides is 1. The van der Waals surface area contributed by atoms with Gasteiger partial charge in [0.05, 0.1) is 18.3 Å². The number of methoxy groups -OCH3 is 1. The van der Waals surface area contributed by atoms with Gasteiger partial charge in [0.1, 0.15) is 0 Å². The third-order valence-corrected chi connectivity index (χ3v) is 5.56. The molecular weight excluding hydrogens is 362 g/mol. The Balaban J connectivity index is 1.70. The average molecular weight is 388 g/mol. The Bertz CT molecular complexity index is 836. The third kappa shape index (κ3) is 4.60. The number of carbonyl (C=O) groups is 1. The number of carbonyl (C=O) groups excluding carboxylic acids is 1. The number of rotatable bonds is 5. The molecule has 1 aliphatic heterocycles. The fourth-order valence-corrected chi connectivity index (χ4v) is 3.66. The van der Waals surface area contributed by atoms with Gasteiger partial charge in [0.2, 0.25) is 5.91 Å². The first kappa shape index (κ1) is 19.6. The van der Waals surface area contributed by atoms with E-state index >= 15 is 0 Å². The lowest BCUT2D eigenvalue weighted by Crippen LogP contribution is -2.39. The Labute approximate surface area is 165 Å². The van der Waals surface area contributed by atoms with Gasteiger partial charge in [-0.15, -0.1) is 0 Å². The number of hydrogen-bond donors (Lipinski definition) is 0. The molecule has 0 N–H and O–H groups in total. The second kappa shape index (κ2) is 8.72. The van der Waals surface area contributed by atoms with Gasteiger partial charge in [-0.3, -0.25) is 9.48 Å². The Morgan fingerprint density at radius 3 is 2.67 bits per heavy atom. The highest BCUT2D eigenvalue weighted by molar-refractivity contribution is 6.31. The highest BCUT2D eigenvalue weighted by Gasteiger charge is 2.21. The molecule has 1 aromatic heterocycles. The minimum absolute atomic E-state index is 0.0437. The minimum atomic E-state index is 0.0437. The Morgan fingerprint density at radius 2 is 2.00 bits per heavy atom. The molecule has 1 saturated heterocycles. The number of likely N-dealkylation sites (tertiary alicyclic amines) is 1. The molecule has 1 aromatic carbocycles. The molecule has 0 unspecified atom stereocenters. The number of benzene rings is 1. The van der Waals surface area contributed by atoms with E-state index < -0.39 is 0 Å². The lowest BCUT2D eigenvalue weighted by atomic mass is 10.1. The quantitative estimate of drug-likeness (QED) is 0.732. The van der Waals surface area contributed by atoms with E-state index in [1.807, 2.05) is 53.8 Å². The van der Waals surface area contributed by atoms with Gasteiger partial charge >= 0.3 is 0 Å². The van der Waals surface area contributed by atoms with Gasteiger partial charge in [0.15, 0.2) is 0 Å². The summed E-state index contributed by atoms with van der Waals surface area (Å²) in [7, 11) is 1.73. The Hall–Kier alpha value is -2.11. The molecule has 0 aliphatic carbocycles. The average Bonchev–Trinajstić information content (AvgIpc) is 2.94. The van der Waals surface area contributed by atoms with E-state index in [-0.39, 0.29) is 12.0 Å². The second-order valence-electron chi connectivity index (χ2n) is 6.93. The van der Waals surface area contributed by atoms with Gasteiger partial charge in [0.25, 0.3) is 0 Å². The molecule has 1 amide bonds. The highest BCUT2D eigenvalue weighted by Crippen LogP contribution is 2.21. The summed E-state index contributed by atoms with van der Waals surface area (Å²) in [5, 5.41) is 5.36. The minimum Gasteiger partial charge on any atom is -0.381 e. The van der Waals surface area contributed by atoms with Crippen LogP contribution in [0.25, 0.3) is 6.08 Å². The zero-order valence-corrected chi connectivity index (χ0v) is 16.9. The monoisotopic (exact) mass is 387 g/mol. The molecule has 3 rings (SSSR count). The van der Waals surface area contributed by atoms with Gasteiger partial charge in [-0.1, -0.05) is 29.8 Å². The number of ether oxygens (including phenoxy) is 1. The van der Waals surface area contributed by atoms with Gasteiger partial charge in [0, 0.05) is 42.6 Å². The number of halogens is 1. The summed E-state index contributed by atoms with van der Waals surface area (Å²) in [5.74, 6) is 0.0437. The van der Waals surface area contributed by atoms with Crippen LogP contribution in [0.4, 0.5) is 0 Å². The van der Waals surface area contributed by atoms with E-state index in [1.54, 1.807) is 13.2 Å². The smallest absolute Gasteiger partial charge is 0.246 e. The van der Waals surface area contributed by atoms with Crippen molar-refractivity contribution in [1.29, 1.82) is 0 Å². The maximum Gasteiger partial charge on any atom is 0.246 e. The largest absolute Gasteiger partial charge is 0.381 e. The van der Waals surface area contributed by atoms with Crippen LogP contribution < -0.4 is 0 Å². The summed E-state index contributed by atoms with van der Waals surface area (Å²) < 4.78 is 7.30. The van der Waals surface area contributed by atoms with Crippen LogP contribution in [0.3, 0.4) is 0 Å². The van der Waals surface area contributed by atoms with Crippen molar-refractivity contribution in [2.75, 3.05) is 20.2 Å². The third-order valence-electron chi connectivity index (χ3n) is 5.19. The van der Waals surface area contributed by atoms with Gasteiger partial charge in [-0.25, -0.2) is 0 Å². The number of nitrogens with zero attached hydrogens (tertiary/aromatic N) is 3. The van der Waals surface area contributed by atoms with Crippen molar-refractivity contribution in [3.63, 3.8) is 0 Å². The lowest BCUT2D eigenvalue weighted by molar-refractivity contribution is -0.128. The molecule has 2 aromatic rings. The van der Waals surface area contributed by atoms with Crippen molar-refractivity contribution in [2.45, 2.75) is 39.3 Å². The van der Waals surface area contributed by atoms with E-state index in [2.05, 4.69) is 5.10 Å². The number of piperidine rings is 1. The molecule has 0 spiro atoms. The molecule has 2 heterocycles. The van der Waals surface area contributed by atoms with Crippen molar-refractivity contribution in [3.8, 4) is 0 Å². The van der Waals surface area contributed by atoms with E-state index in [0.29, 0.717) is 6.54 Å². The first-order valence-electron chi connectivity index (χ1n) is 9.26. The maximum absolute atomic E-state index is 12.5. The number of hydrogen-bond acceptors (Lipinski definition) is 3. The van der Waals surface area contributed by atoms with Gasteiger partial charge in [-0.05, 0) is 44.4 Å². The molecule has 1 aliphatic rings. The lowest BCUT2D eigenvalue weighted by Gasteiger charge is -2.30. The molecule has 27 heavy (non-hydrogen) atoms. The SMILES string of the molecule is COC1CCN(C(=O)/C=C/c2c(C)nn(Cc3ccccc3Cl)c2C)CC1. The molecule has 6 heteroatoms. The van der Waals surface area contributed by atoms with E-state index in [1.165, 1.54) is 0 Å². The summed E-state index contributed by atoms with van der Waals surface area (Å²) in [6.07, 6.45) is 5.59. The topological polar surface area (TPSA) is 47.4 Å². The van der Waals surface area contributed by atoms with Crippen LogP contribution in [0.1, 0.15) is 35.4 Å². The molecular formula is C21H26ClN3O2. The number of aromatic nitrogens is 2. The molecule has 5 nitrogen and oxygen atoms in total. The first-order valence-corrected chi connectivity index (χ1v) is 9.64. The molecule has 0 saturated carbocycles. The van der Waals surface area contributed by atoms with Crippen LogP contribution in [-0.2, 0) is 16.1 Å². The molecule has 144 valence electrons. The predicted molar refractivity (Wildman–Crippen MR) is 108 cm³/mol. The summed E-state index contributed by atoms with van der Waals surface area (Å²) in [4.78, 5) is 14.4. The normalized spacial score (nSPS) is 15.6. The highest BCUT2D eigenvalue weighted by atomic mass is 35.5. The van der Waals surface area contributed by atoms with Crippen LogP contribution in [0.15, 0.2) is 30.3 Å². The second-order valence-corrected chi connectivity index (χ2v) is 7.33. The van der Waals surface area contributed by atoms with Crippen molar-refractivity contribution in [3.05, 3.63) is 57.9 Å². The van der Waals surface area contributed by atoms with Crippen LogP contribution >= 0.6 is 11.6 Å².